The van der Waals surface area contributed by atoms with E-state index in [2.05, 4.69) is 48.3 Å². The van der Waals surface area contributed by atoms with E-state index in [1.807, 2.05) is 12.1 Å². The van der Waals surface area contributed by atoms with Crippen molar-refractivity contribution in [3.63, 3.8) is 0 Å². The Labute approximate surface area is 90.1 Å². The standard InChI is InChI=1S/C14H13N/c1-12-3-2-4-14(11-12)6-5-13-7-9-15-10-8-13/h2-11H,1H3. The van der Waals surface area contributed by atoms with Crippen molar-refractivity contribution in [1.29, 1.82) is 0 Å². The van der Waals surface area contributed by atoms with Gasteiger partial charge in [0.1, 0.15) is 0 Å². The summed E-state index contributed by atoms with van der Waals surface area (Å²) in [7, 11) is 0. The van der Waals surface area contributed by atoms with Crippen LogP contribution in [-0.2, 0) is 0 Å². The Hall–Kier alpha value is -1.89. The second kappa shape index (κ2) is 4.56. The zero-order valence-electron chi connectivity index (χ0n) is 8.72. The topological polar surface area (TPSA) is 12.9 Å². The van der Waals surface area contributed by atoms with Gasteiger partial charge in [-0.25, -0.2) is 0 Å². The van der Waals surface area contributed by atoms with Crippen molar-refractivity contribution >= 4 is 12.2 Å². The lowest BCUT2D eigenvalue weighted by molar-refractivity contribution is 1.32. The predicted molar refractivity (Wildman–Crippen MR) is 64.3 cm³/mol. The molecule has 74 valence electrons. The summed E-state index contributed by atoms with van der Waals surface area (Å²) in [6.45, 7) is 2.10. The van der Waals surface area contributed by atoms with E-state index in [0.717, 1.165) is 0 Å². The highest BCUT2D eigenvalue weighted by Gasteiger charge is 1.88. The number of hydrogen-bond acceptors (Lipinski definition) is 1. The third-order valence-corrected chi connectivity index (χ3v) is 2.22. The van der Waals surface area contributed by atoms with Crippen LogP contribution in [-0.4, -0.2) is 4.98 Å². The first-order chi connectivity index (χ1) is 7.34. The van der Waals surface area contributed by atoms with Crippen LogP contribution in [0, 0.1) is 6.92 Å². The molecule has 1 heterocycles. The Bertz CT molecular complexity index is 458. The van der Waals surface area contributed by atoms with Gasteiger partial charge in [0.05, 0.1) is 0 Å². The quantitative estimate of drug-likeness (QED) is 0.714. The second-order valence-electron chi connectivity index (χ2n) is 3.53. The van der Waals surface area contributed by atoms with Gasteiger partial charge in [0.2, 0.25) is 0 Å². The van der Waals surface area contributed by atoms with E-state index in [1.54, 1.807) is 12.4 Å². The van der Waals surface area contributed by atoms with Crippen molar-refractivity contribution in [3.8, 4) is 0 Å². The fourth-order valence-corrected chi connectivity index (χ4v) is 1.44. The minimum absolute atomic E-state index is 1.17. The molecule has 0 aliphatic carbocycles. The van der Waals surface area contributed by atoms with Crippen LogP contribution < -0.4 is 0 Å². The van der Waals surface area contributed by atoms with Crippen LogP contribution in [0.3, 0.4) is 0 Å². The largest absolute Gasteiger partial charge is 0.265 e. The summed E-state index contributed by atoms with van der Waals surface area (Å²) in [5.41, 5.74) is 3.69. The molecule has 2 aromatic rings. The molecule has 1 aromatic heterocycles. The predicted octanol–water partition coefficient (Wildman–Crippen LogP) is 3.56. The third-order valence-electron chi connectivity index (χ3n) is 2.22. The average Bonchev–Trinajstić information content (AvgIpc) is 2.28. The highest BCUT2D eigenvalue weighted by molar-refractivity contribution is 5.69. The van der Waals surface area contributed by atoms with Crippen molar-refractivity contribution < 1.29 is 0 Å². The summed E-state index contributed by atoms with van der Waals surface area (Å²) in [6.07, 6.45) is 7.81. The molecule has 0 saturated carbocycles. The Morgan fingerprint density at radius 2 is 1.67 bits per heavy atom. The molecule has 2 rings (SSSR count). The molecule has 0 spiro atoms. The van der Waals surface area contributed by atoms with Gasteiger partial charge in [0.25, 0.3) is 0 Å². The average molecular weight is 195 g/mol. The normalized spacial score (nSPS) is 10.7. The summed E-state index contributed by atoms with van der Waals surface area (Å²) in [4.78, 5) is 3.98. The molecule has 0 N–H and O–H groups in total. The van der Waals surface area contributed by atoms with Crippen LogP contribution in [0.5, 0.6) is 0 Å². The fraction of sp³-hybridized carbons (Fsp3) is 0.0714. The van der Waals surface area contributed by atoms with Gasteiger partial charge in [-0.05, 0) is 30.2 Å². The van der Waals surface area contributed by atoms with E-state index in [4.69, 9.17) is 0 Å². The number of hydrogen-bond donors (Lipinski definition) is 0. The van der Waals surface area contributed by atoms with Crippen LogP contribution in [0.15, 0.2) is 48.8 Å². The van der Waals surface area contributed by atoms with Gasteiger partial charge in [-0.3, -0.25) is 4.98 Å². The van der Waals surface area contributed by atoms with Crippen molar-refractivity contribution in [2.75, 3.05) is 0 Å². The molecule has 0 atom stereocenters. The SMILES string of the molecule is Cc1cccc(C=Cc2ccncc2)c1. The van der Waals surface area contributed by atoms with Crippen molar-refractivity contribution in [2.24, 2.45) is 0 Å². The Morgan fingerprint density at radius 3 is 2.40 bits per heavy atom. The first kappa shape index (κ1) is 9.66. The van der Waals surface area contributed by atoms with Crippen molar-refractivity contribution in [2.45, 2.75) is 6.92 Å². The molecule has 1 nitrogen and oxygen atoms in total. The summed E-state index contributed by atoms with van der Waals surface area (Å²) < 4.78 is 0. The second-order valence-corrected chi connectivity index (χ2v) is 3.53. The number of pyridine rings is 1. The van der Waals surface area contributed by atoms with Crippen LogP contribution >= 0.6 is 0 Å². The number of nitrogens with zero attached hydrogens (tertiary/aromatic N) is 1. The van der Waals surface area contributed by atoms with E-state index in [0.29, 0.717) is 0 Å². The van der Waals surface area contributed by atoms with Gasteiger partial charge in [0, 0.05) is 12.4 Å². The lowest BCUT2D eigenvalue weighted by Gasteiger charge is -1.95. The maximum absolute atomic E-state index is 3.98. The van der Waals surface area contributed by atoms with Crippen molar-refractivity contribution in [3.05, 3.63) is 65.5 Å². The molecule has 0 amide bonds. The molecule has 0 radical (unpaired) electrons. The summed E-state index contributed by atoms with van der Waals surface area (Å²) >= 11 is 0. The molecular weight excluding hydrogens is 182 g/mol. The van der Waals surface area contributed by atoms with Gasteiger partial charge in [0.15, 0.2) is 0 Å². The minimum atomic E-state index is 1.17. The summed E-state index contributed by atoms with van der Waals surface area (Å²) in [5, 5.41) is 0. The van der Waals surface area contributed by atoms with E-state index in [9.17, 15) is 0 Å². The highest BCUT2D eigenvalue weighted by atomic mass is 14.6. The Balaban J connectivity index is 2.19. The van der Waals surface area contributed by atoms with Gasteiger partial charge in [-0.15, -0.1) is 0 Å². The number of aryl methyl sites for hydroxylation is 1. The van der Waals surface area contributed by atoms with Crippen molar-refractivity contribution in [1.82, 2.24) is 4.98 Å². The smallest absolute Gasteiger partial charge is 0.0273 e. The number of aromatic nitrogens is 1. The van der Waals surface area contributed by atoms with E-state index >= 15 is 0 Å². The van der Waals surface area contributed by atoms with Gasteiger partial charge in [-0.1, -0.05) is 42.0 Å². The monoisotopic (exact) mass is 195 g/mol. The molecule has 0 aliphatic heterocycles. The summed E-state index contributed by atoms with van der Waals surface area (Å²) in [6, 6.07) is 12.4. The molecule has 1 aromatic carbocycles. The van der Waals surface area contributed by atoms with E-state index < -0.39 is 0 Å². The number of rotatable bonds is 2. The van der Waals surface area contributed by atoms with E-state index in [-0.39, 0.29) is 0 Å². The number of benzene rings is 1. The highest BCUT2D eigenvalue weighted by Crippen LogP contribution is 2.08. The minimum Gasteiger partial charge on any atom is -0.265 e. The maximum atomic E-state index is 3.98. The molecule has 0 unspecified atom stereocenters. The maximum Gasteiger partial charge on any atom is 0.0273 e. The molecule has 0 aliphatic rings. The molecule has 0 fully saturated rings. The van der Waals surface area contributed by atoms with Crippen LogP contribution in [0.1, 0.15) is 16.7 Å². The lowest BCUT2D eigenvalue weighted by atomic mass is 10.1. The van der Waals surface area contributed by atoms with E-state index in [1.165, 1.54) is 16.7 Å². The van der Waals surface area contributed by atoms with Crippen LogP contribution in [0.25, 0.3) is 12.2 Å². The zero-order chi connectivity index (χ0) is 10.5. The van der Waals surface area contributed by atoms with Crippen LogP contribution in [0.2, 0.25) is 0 Å². The first-order valence-electron chi connectivity index (χ1n) is 4.99. The zero-order valence-corrected chi connectivity index (χ0v) is 8.72. The summed E-state index contributed by atoms with van der Waals surface area (Å²) in [5.74, 6) is 0. The lowest BCUT2D eigenvalue weighted by Crippen LogP contribution is -1.75. The Morgan fingerprint density at radius 1 is 0.933 bits per heavy atom. The van der Waals surface area contributed by atoms with Gasteiger partial charge >= 0.3 is 0 Å². The molecule has 15 heavy (non-hydrogen) atoms. The molecule has 0 bridgehead atoms. The molecular formula is C14H13N. The van der Waals surface area contributed by atoms with Gasteiger partial charge < -0.3 is 0 Å². The van der Waals surface area contributed by atoms with Crippen LogP contribution in [0.4, 0.5) is 0 Å². The molecule has 0 saturated heterocycles. The third kappa shape index (κ3) is 2.78. The Kier molecular flexibility index (Phi) is 2.93. The first-order valence-corrected chi connectivity index (χ1v) is 4.99. The molecule has 1 heteroatoms. The fourth-order valence-electron chi connectivity index (χ4n) is 1.44. The van der Waals surface area contributed by atoms with Gasteiger partial charge in [-0.2, -0.15) is 0 Å².